The number of nitrogens with one attached hydrogen (secondary N) is 1. The van der Waals surface area contributed by atoms with Crippen LogP contribution in [0.5, 0.6) is 0 Å². The normalized spacial score (nSPS) is 25.5. The molecule has 0 radical (unpaired) electrons. The molecule has 0 spiro atoms. The highest BCUT2D eigenvalue weighted by molar-refractivity contribution is 4.85. The predicted octanol–water partition coefficient (Wildman–Crippen LogP) is 2.66. The van der Waals surface area contributed by atoms with E-state index in [1.165, 1.54) is 38.8 Å². The van der Waals surface area contributed by atoms with E-state index in [0.717, 1.165) is 32.2 Å². The van der Waals surface area contributed by atoms with Gasteiger partial charge in [0.2, 0.25) is 0 Å². The van der Waals surface area contributed by atoms with Crippen LogP contribution >= 0.6 is 0 Å². The molecule has 0 aromatic heterocycles. The summed E-state index contributed by atoms with van der Waals surface area (Å²) in [6.07, 6.45) is 6.14. The van der Waals surface area contributed by atoms with Crippen molar-refractivity contribution in [3.8, 4) is 0 Å². The van der Waals surface area contributed by atoms with Gasteiger partial charge >= 0.3 is 0 Å². The molecule has 1 aliphatic rings. The molecular weight excluding hydrogens is 224 g/mol. The maximum atomic E-state index is 5.57. The minimum atomic E-state index is 0.703. The first-order valence-corrected chi connectivity index (χ1v) is 7.86. The van der Waals surface area contributed by atoms with Crippen molar-refractivity contribution >= 4 is 0 Å². The minimum Gasteiger partial charge on any atom is -0.381 e. The van der Waals surface area contributed by atoms with Crippen molar-refractivity contribution in [3.05, 3.63) is 0 Å². The monoisotopic (exact) mass is 256 g/mol. The van der Waals surface area contributed by atoms with E-state index in [2.05, 4.69) is 31.0 Å². The highest BCUT2D eigenvalue weighted by atomic mass is 16.5. The van der Waals surface area contributed by atoms with Crippen LogP contribution in [-0.4, -0.2) is 49.8 Å². The van der Waals surface area contributed by atoms with Crippen molar-refractivity contribution in [2.45, 2.75) is 65.0 Å². The van der Waals surface area contributed by atoms with E-state index in [1.807, 2.05) is 0 Å². The molecule has 1 N–H and O–H groups in total. The Morgan fingerprint density at radius 1 is 1.17 bits per heavy atom. The SMILES string of the molecule is CCCOCCCN1CC(CCC)NCC1CC. The molecule has 18 heavy (non-hydrogen) atoms. The Bertz CT molecular complexity index is 199. The topological polar surface area (TPSA) is 24.5 Å². The second-order valence-corrected chi connectivity index (χ2v) is 5.42. The highest BCUT2D eigenvalue weighted by Crippen LogP contribution is 2.13. The van der Waals surface area contributed by atoms with Gasteiger partial charge < -0.3 is 10.1 Å². The van der Waals surface area contributed by atoms with Gasteiger partial charge in [0.1, 0.15) is 0 Å². The molecule has 0 aromatic rings. The van der Waals surface area contributed by atoms with E-state index in [9.17, 15) is 0 Å². The second-order valence-electron chi connectivity index (χ2n) is 5.42. The summed E-state index contributed by atoms with van der Waals surface area (Å²) >= 11 is 0. The molecule has 0 saturated carbocycles. The number of piperazine rings is 1. The molecule has 3 nitrogen and oxygen atoms in total. The summed E-state index contributed by atoms with van der Waals surface area (Å²) in [4.78, 5) is 2.67. The van der Waals surface area contributed by atoms with Gasteiger partial charge in [-0.25, -0.2) is 0 Å². The average molecular weight is 256 g/mol. The summed E-state index contributed by atoms with van der Waals surface area (Å²) in [5.41, 5.74) is 0. The lowest BCUT2D eigenvalue weighted by molar-refractivity contribution is 0.0894. The molecular formula is C15H32N2O. The van der Waals surface area contributed by atoms with Crippen LogP contribution < -0.4 is 5.32 Å². The molecule has 1 saturated heterocycles. The Hall–Kier alpha value is -0.120. The van der Waals surface area contributed by atoms with Crippen LogP contribution in [0.2, 0.25) is 0 Å². The number of hydrogen-bond acceptors (Lipinski definition) is 3. The van der Waals surface area contributed by atoms with E-state index in [4.69, 9.17) is 4.74 Å². The molecule has 1 heterocycles. The minimum absolute atomic E-state index is 0.703. The fourth-order valence-electron chi connectivity index (χ4n) is 2.76. The Morgan fingerprint density at radius 2 is 2.00 bits per heavy atom. The second kappa shape index (κ2) is 9.76. The lowest BCUT2D eigenvalue weighted by Crippen LogP contribution is -2.56. The number of rotatable bonds is 9. The summed E-state index contributed by atoms with van der Waals surface area (Å²) in [6, 6.07) is 1.43. The lowest BCUT2D eigenvalue weighted by Gasteiger charge is -2.40. The van der Waals surface area contributed by atoms with Gasteiger partial charge in [-0.3, -0.25) is 4.90 Å². The first-order chi connectivity index (χ1) is 8.81. The molecule has 3 heteroatoms. The van der Waals surface area contributed by atoms with Crippen LogP contribution in [0.4, 0.5) is 0 Å². The first-order valence-electron chi connectivity index (χ1n) is 7.86. The predicted molar refractivity (Wildman–Crippen MR) is 78.1 cm³/mol. The van der Waals surface area contributed by atoms with Gasteiger partial charge in [0.25, 0.3) is 0 Å². The van der Waals surface area contributed by atoms with E-state index in [-0.39, 0.29) is 0 Å². The number of ether oxygens (including phenoxy) is 1. The molecule has 0 aromatic carbocycles. The van der Waals surface area contributed by atoms with Crippen molar-refractivity contribution in [3.63, 3.8) is 0 Å². The van der Waals surface area contributed by atoms with Gasteiger partial charge in [-0.15, -0.1) is 0 Å². The van der Waals surface area contributed by atoms with Gasteiger partial charge in [0.15, 0.2) is 0 Å². The summed E-state index contributed by atoms with van der Waals surface area (Å²) in [5.74, 6) is 0. The fraction of sp³-hybridized carbons (Fsp3) is 1.00. The summed E-state index contributed by atoms with van der Waals surface area (Å²) in [5, 5.41) is 3.69. The molecule has 0 bridgehead atoms. The van der Waals surface area contributed by atoms with E-state index in [1.54, 1.807) is 0 Å². The summed E-state index contributed by atoms with van der Waals surface area (Å²) in [6.45, 7) is 12.2. The first kappa shape index (κ1) is 15.9. The molecule has 108 valence electrons. The molecule has 0 aliphatic carbocycles. The number of nitrogens with zero attached hydrogens (tertiary/aromatic N) is 1. The maximum Gasteiger partial charge on any atom is 0.0478 e. The average Bonchev–Trinajstić information content (AvgIpc) is 2.39. The molecule has 2 unspecified atom stereocenters. The van der Waals surface area contributed by atoms with Crippen molar-refractivity contribution in [2.75, 3.05) is 32.8 Å². The van der Waals surface area contributed by atoms with Crippen molar-refractivity contribution in [1.29, 1.82) is 0 Å². The molecule has 1 aliphatic heterocycles. The maximum absolute atomic E-state index is 5.57. The largest absolute Gasteiger partial charge is 0.381 e. The Kier molecular flexibility index (Phi) is 8.64. The fourth-order valence-corrected chi connectivity index (χ4v) is 2.76. The van der Waals surface area contributed by atoms with Crippen molar-refractivity contribution < 1.29 is 4.74 Å². The zero-order valence-corrected chi connectivity index (χ0v) is 12.6. The quantitative estimate of drug-likeness (QED) is 0.642. The van der Waals surface area contributed by atoms with Crippen LogP contribution in [0.1, 0.15) is 52.9 Å². The molecule has 0 amide bonds. The molecule has 2 atom stereocenters. The Morgan fingerprint density at radius 3 is 2.67 bits per heavy atom. The van der Waals surface area contributed by atoms with Gasteiger partial charge in [-0.05, 0) is 25.7 Å². The number of hydrogen-bond donors (Lipinski definition) is 1. The molecule has 1 rings (SSSR count). The van der Waals surface area contributed by atoms with Crippen molar-refractivity contribution in [1.82, 2.24) is 10.2 Å². The summed E-state index contributed by atoms with van der Waals surface area (Å²) in [7, 11) is 0. The van der Waals surface area contributed by atoms with Gasteiger partial charge in [0.05, 0.1) is 0 Å². The zero-order chi connectivity index (χ0) is 13.2. The van der Waals surface area contributed by atoms with Crippen LogP contribution in [0, 0.1) is 0 Å². The van der Waals surface area contributed by atoms with Crippen molar-refractivity contribution in [2.24, 2.45) is 0 Å². The molecule has 1 fully saturated rings. The van der Waals surface area contributed by atoms with E-state index < -0.39 is 0 Å². The third kappa shape index (κ3) is 5.68. The zero-order valence-electron chi connectivity index (χ0n) is 12.6. The van der Waals surface area contributed by atoms with E-state index in [0.29, 0.717) is 6.04 Å². The lowest BCUT2D eigenvalue weighted by atomic mass is 10.0. The van der Waals surface area contributed by atoms with Crippen LogP contribution in [0.15, 0.2) is 0 Å². The Labute approximate surface area is 113 Å². The van der Waals surface area contributed by atoms with E-state index >= 15 is 0 Å². The van der Waals surface area contributed by atoms with Crippen LogP contribution in [0.25, 0.3) is 0 Å². The smallest absolute Gasteiger partial charge is 0.0478 e. The standard InChI is InChI=1S/C15H32N2O/c1-4-8-14-13-17(15(6-3)12-16-14)9-7-11-18-10-5-2/h14-16H,4-13H2,1-3H3. The van der Waals surface area contributed by atoms with Crippen LogP contribution in [0.3, 0.4) is 0 Å². The third-order valence-electron chi connectivity index (χ3n) is 3.80. The highest BCUT2D eigenvalue weighted by Gasteiger charge is 2.25. The Balaban J connectivity index is 2.24. The van der Waals surface area contributed by atoms with Gasteiger partial charge in [-0.1, -0.05) is 27.2 Å². The van der Waals surface area contributed by atoms with Gasteiger partial charge in [0, 0.05) is 44.9 Å². The van der Waals surface area contributed by atoms with Crippen LogP contribution in [-0.2, 0) is 4.74 Å². The summed E-state index contributed by atoms with van der Waals surface area (Å²) < 4.78 is 5.57. The van der Waals surface area contributed by atoms with Gasteiger partial charge in [-0.2, -0.15) is 0 Å². The third-order valence-corrected chi connectivity index (χ3v) is 3.80.